The molecule has 2 rings (SSSR count). The van der Waals surface area contributed by atoms with E-state index in [-0.39, 0.29) is 0 Å². The molecule has 2 heterocycles. The van der Waals surface area contributed by atoms with Crippen LogP contribution in [0.3, 0.4) is 0 Å². The Morgan fingerprint density at radius 3 is 3.00 bits per heavy atom. The molecule has 1 N–H and O–H groups in total. The molecule has 18 heavy (non-hydrogen) atoms. The Balaban J connectivity index is 2.18. The zero-order valence-electron chi connectivity index (χ0n) is 10.2. The molecule has 1 saturated heterocycles. The molecule has 4 nitrogen and oxygen atoms in total. The number of hydrogen-bond acceptors (Lipinski definition) is 4. The summed E-state index contributed by atoms with van der Waals surface area (Å²) in [7, 11) is -1.42. The predicted octanol–water partition coefficient (Wildman–Crippen LogP) is 2.13. The maximum atomic E-state index is 12.5. The fourth-order valence-electron chi connectivity index (χ4n) is 2.28. The monoisotopic (exact) mass is 352 g/mol. The molecule has 0 aliphatic carbocycles. The van der Waals surface area contributed by atoms with Crippen molar-refractivity contribution in [1.82, 2.24) is 9.62 Å². The smallest absolute Gasteiger partial charge is 0.253 e. The Bertz CT molecular complexity index is 499. The molecule has 1 aromatic rings. The van der Waals surface area contributed by atoms with Gasteiger partial charge in [0.15, 0.2) is 0 Å². The molecular formula is C11H17BrN2O2S2. The van der Waals surface area contributed by atoms with Gasteiger partial charge < -0.3 is 5.32 Å². The third-order valence-corrected chi connectivity index (χ3v) is 7.65. The molecule has 7 heteroatoms. The van der Waals surface area contributed by atoms with Gasteiger partial charge >= 0.3 is 0 Å². The van der Waals surface area contributed by atoms with Gasteiger partial charge in [0.25, 0.3) is 10.0 Å². The number of hydrogen-bond donors (Lipinski definition) is 1. The highest BCUT2D eigenvalue weighted by atomic mass is 79.9. The molecular weight excluding hydrogens is 336 g/mol. The molecule has 0 spiro atoms. The second kappa shape index (κ2) is 6.00. The summed E-state index contributed by atoms with van der Waals surface area (Å²) in [5, 5.41) is 4.93. The van der Waals surface area contributed by atoms with Crippen LogP contribution in [-0.2, 0) is 10.0 Å². The van der Waals surface area contributed by atoms with Crippen molar-refractivity contribution in [2.45, 2.75) is 17.1 Å². The van der Waals surface area contributed by atoms with Gasteiger partial charge in [0.2, 0.25) is 0 Å². The van der Waals surface area contributed by atoms with Crippen molar-refractivity contribution in [1.29, 1.82) is 0 Å². The largest absolute Gasteiger partial charge is 0.319 e. The topological polar surface area (TPSA) is 49.4 Å². The van der Waals surface area contributed by atoms with Crippen molar-refractivity contribution < 1.29 is 8.42 Å². The van der Waals surface area contributed by atoms with Crippen molar-refractivity contribution in [3.05, 3.63) is 15.9 Å². The quantitative estimate of drug-likeness (QED) is 0.902. The highest BCUT2D eigenvalue weighted by Crippen LogP contribution is 2.32. The lowest BCUT2D eigenvalue weighted by Gasteiger charge is -2.31. The average Bonchev–Trinajstić information content (AvgIpc) is 2.77. The first-order valence-electron chi connectivity index (χ1n) is 5.93. The van der Waals surface area contributed by atoms with Gasteiger partial charge in [-0.3, -0.25) is 0 Å². The van der Waals surface area contributed by atoms with Crippen LogP contribution < -0.4 is 5.32 Å². The van der Waals surface area contributed by atoms with Gasteiger partial charge in [-0.2, -0.15) is 4.31 Å². The summed E-state index contributed by atoms with van der Waals surface area (Å²) < 4.78 is 27.7. The maximum Gasteiger partial charge on any atom is 0.253 e. The summed E-state index contributed by atoms with van der Waals surface area (Å²) in [6.07, 6.45) is 2.03. The van der Waals surface area contributed by atoms with Gasteiger partial charge in [0, 0.05) is 17.6 Å². The summed E-state index contributed by atoms with van der Waals surface area (Å²) in [5.74, 6) is 0.414. The van der Waals surface area contributed by atoms with Crippen LogP contribution in [0, 0.1) is 5.92 Å². The lowest BCUT2D eigenvalue weighted by atomic mass is 10.00. The van der Waals surface area contributed by atoms with E-state index in [1.165, 1.54) is 11.3 Å². The molecule has 1 aliphatic rings. The third-order valence-electron chi connectivity index (χ3n) is 3.13. The normalized spacial score (nSPS) is 22.2. The fourth-order valence-corrected chi connectivity index (χ4v) is 6.29. The number of nitrogens with zero attached hydrogens (tertiary/aromatic N) is 1. The van der Waals surface area contributed by atoms with Crippen molar-refractivity contribution in [3.8, 4) is 0 Å². The first kappa shape index (κ1) is 14.5. The van der Waals surface area contributed by atoms with Crippen LogP contribution in [0.5, 0.6) is 0 Å². The lowest BCUT2D eigenvalue weighted by Crippen LogP contribution is -2.42. The van der Waals surface area contributed by atoms with Crippen LogP contribution in [-0.4, -0.2) is 39.4 Å². The standard InChI is InChI=1S/C11H17BrN2O2S2/c1-13-7-9-3-2-5-14(8-9)18(15,16)11-10(12)4-6-17-11/h4,6,9,13H,2-3,5,7-8H2,1H3. The average molecular weight is 353 g/mol. The molecule has 0 radical (unpaired) electrons. The molecule has 1 fully saturated rings. The molecule has 1 aromatic heterocycles. The molecule has 1 unspecified atom stereocenters. The summed E-state index contributed by atoms with van der Waals surface area (Å²) in [6.45, 7) is 2.12. The SMILES string of the molecule is CNCC1CCCN(S(=O)(=O)c2sccc2Br)C1. The number of thiophene rings is 1. The summed E-state index contributed by atoms with van der Waals surface area (Å²) in [4.78, 5) is 0. The van der Waals surface area contributed by atoms with Crippen LogP contribution in [0.1, 0.15) is 12.8 Å². The van der Waals surface area contributed by atoms with E-state index in [4.69, 9.17) is 0 Å². The minimum Gasteiger partial charge on any atom is -0.319 e. The Labute approximate surface area is 121 Å². The Morgan fingerprint density at radius 1 is 1.61 bits per heavy atom. The van der Waals surface area contributed by atoms with Crippen molar-refractivity contribution in [2.75, 3.05) is 26.7 Å². The molecule has 102 valence electrons. The number of halogens is 1. The van der Waals surface area contributed by atoms with Crippen LogP contribution in [0.2, 0.25) is 0 Å². The molecule has 0 amide bonds. The second-order valence-corrected chi connectivity index (χ2v) is 8.39. The van der Waals surface area contributed by atoms with Crippen molar-refractivity contribution >= 4 is 37.3 Å². The van der Waals surface area contributed by atoms with E-state index in [0.717, 1.165) is 19.4 Å². The second-order valence-electron chi connectivity index (χ2n) is 4.48. The fraction of sp³-hybridized carbons (Fsp3) is 0.636. The van der Waals surface area contributed by atoms with E-state index in [1.54, 1.807) is 15.8 Å². The van der Waals surface area contributed by atoms with Crippen LogP contribution >= 0.6 is 27.3 Å². The number of sulfonamides is 1. The zero-order chi connectivity index (χ0) is 13.2. The van der Waals surface area contributed by atoms with Crippen LogP contribution in [0.25, 0.3) is 0 Å². The van der Waals surface area contributed by atoms with Crippen molar-refractivity contribution in [3.63, 3.8) is 0 Å². The van der Waals surface area contributed by atoms with E-state index < -0.39 is 10.0 Å². The number of piperidine rings is 1. The third kappa shape index (κ3) is 2.96. The Kier molecular flexibility index (Phi) is 4.82. The van der Waals surface area contributed by atoms with Gasteiger partial charge in [-0.15, -0.1) is 11.3 Å². The van der Waals surface area contributed by atoms with Crippen molar-refractivity contribution in [2.24, 2.45) is 5.92 Å². The first-order chi connectivity index (χ1) is 8.55. The highest BCUT2D eigenvalue weighted by Gasteiger charge is 2.31. The molecule has 0 saturated carbocycles. The molecule has 1 atom stereocenters. The van der Waals surface area contributed by atoms with Gasteiger partial charge in [-0.25, -0.2) is 8.42 Å². The van der Waals surface area contributed by atoms with E-state index in [1.807, 2.05) is 7.05 Å². The van der Waals surface area contributed by atoms with Gasteiger partial charge in [0.1, 0.15) is 4.21 Å². The minimum atomic E-state index is -3.32. The van der Waals surface area contributed by atoms with E-state index in [9.17, 15) is 8.42 Å². The van der Waals surface area contributed by atoms with E-state index >= 15 is 0 Å². The molecule has 1 aliphatic heterocycles. The number of rotatable bonds is 4. The molecule has 0 aromatic carbocycles. The Morgan fingerprint density at radius 2 is 2.39 bits per heavy atom. The maximum absolute atomic E-state index is 12.5. The summed E-state index contributed by atoms with van der Waals surface area (Å²) in [5.41, 5.74) is 0. The lowest BCUT2D eigenvalue weighted by molar-refractivity contribution is 0.264. The van der Waals surface area contributed by atoms with E-state index in [0.29, 0.717) is 27.7 Å². The first-order valence-corrected chi connectivity index (χ1v) is 9.04. The zero-order valence-corrected chi connectivity index (χ0v) is 13.4. The van der Waals surface area contributed by atoms with Gasteiger partial charge in [-0.05, 0) is 59.7 Å². The van der Waals surface area contributed by atoms with Crippen LogP contribution in [0.15, 0.2) is 20.1 Å². The predicted molar refractivity (Wildman–Crippen MR) is 77.4 cm³/mol. The summed E-state index contributed by atoms with van der Waals surface area (Å²) in [6, 6.07) is 1.78. The van der Waals surface area contributed by atoms with Crippen LogP contribution in [0.4, 0.5) is 0 Å². The minimum absolute atomic E-state index is 0.414. The summed E-state index contributed by atoms with van der Waals surface area (Å²) >= 11 is 4.58. The Hall–Kier alpha value is 0.0500. The molecule has 0 bridgehead atoms. The van der Waals surface area contributed by atoms with E-state index in [2.05, 4.69) is 21.2 Å². The van der Waals surface area contributed by atoms with Gasteiger partial charge in [-0.1, -0.05) is 0 Å². The van der Waals surface area contributed by atoms with Gasteiger partial charge in [0.05, 0.1) is 0 Å². The highest BCUT2D eigenvalue weighted by molar-refractivity contribution is 9.10. The number of nitrogens with one attached hydrogen (secondary N) is 1.